The summed E-state index contributed by atoms with van der Waals surface area (Å²) >= 11 is 6.20. The largest absolute Gasteiger partial charge is 0.348 e. The van der Waals surface area contributed by atoms with Gasteiger partial charge in [-0.2, -0.15) is 0 Å². The summed E-state index contributed by atoms with van der Waals surface area (Å²) in [7, 11) is -3.40. The SMILES string of the molecule is CCOP(=O)(OCC)C(Cl)CCN(OCc1ccccc1)C(C)=O. The maximum Gasteiger partial charge on any atom is 0.348 e. The Kier molecular flexibility index (Phi) is 9.56. The van der Waals surface area contributed by atoms with Crippen LogP contribution in [0.4, 0.5) is 0 Å². The molecule has 0 aliphatic carbocycles. The molecule has 24 heavy (non-hydrogen) atoms. The number of rotatable bonds is 11. The zero-order chi connectivity index (χ0) is 18.0. The fraction of sp³-hybridized carbons (Fsp3) is 0.562. The normalized spacial score (nSPS) is 12.8. The van der Waals surface area contributed by atoms with E-state index in [1.54, 1.807) is 13.8 Å². The first-order valence-electron chi connectivity index (χ1n) is 7.90. The van der Waals surface area contributed by atoms with Gasteiger partial charge in [0.15, 0.2) is 0 Å². The van der Waals surface area contributed by atoms with Crippen molar-refractivity contribution in [1.82, 2.24) is 5.06 Å². The van der Waals surface area contributed by atoms with Crippen LogP contribution in [0.15, 0.2) is 30.3 Å². The topological polar surface area (TPSA) is 65.1 Å². The van der Waals surface area contributed by atoms with Gasteiger partial charge in [0, 0.05) is 6.92 Å². The summed E-state index contributed by atoms with van der Waals surface area (Å²) in [6, 6.07) is 9.50. The molecule has 1 unspecified atom stereocenters. The number of alkyl halides is 1. The van der Waals surface area contributed by atoms with E-state index in [1.165, 1.54) is 12.0 Å². The summed E-state index contributed by atoms with van der Waals surface area (Å²) in [4.78, 5) is 17.2. The van der Waals surface area contributed by atoms with Crippen LogP contribution < -0.4 is 0 Å². The highest BCUT2D eigenvalue weighted by atomic mass is 35.5. The molecule has 0 saturated heterocycles. The van der Waals surface area contributed by atoms with E-state index >= 15 is 0 Å². The minimum Gasteiger partial charge on any atom is -0.308 e. The maximum atomic E-state index is 12.6. The Morgan fingerprint density at radius 3 is 2.29 bits per heavy atom. The van der Waals surface area contributed by atoms with E-state index < -0.39 is 12.7 Å². The Bertz CT molecular complexity index is 533. The van der Waals surface area contributed by atoms with Gasteiger partial charge in [0.05, 0.1) is 19.8 Å². The molecule has 0 heterocycles. The zero-order valence-electron chi connectivity index (χ0n) is 14.3. The number of carbonyl (C=O) groups excluding carboxylic acids is 1. The molecule has 0 aromatic heterocycles. The van der Waals surface area contributed by atoms with Crippen molar-refractivity contribution in [2.75, 3.05) is 19.8 Å². The lowest BCUT2D eigenvalue weighted by molar-refractivity contribution is -0.189. The fourth-order valence-electron chi connectivity index (χ4n) is 1.98. The van der Waals surface area contributed by atoms with Crippen molar-refractivity contribution >= 4 is 25.1 Å². The number of amides is 1. The van der Waals surface area contributed by atoms with Crippen molar-refractivity contribution in [3.63, 3.8) is 0 Å². The second-order valence-corrected chi connectivity index (χ2v) is 8.03. The number of nitrogens with zero attached hydrogens (tertiary/aromatic N) is 1. The van der Waals surface area contributed by atoms with Crippen LogP contribution in [-0.4, -0.2) is 35.8 Å². The average Bonchev–Trinajstić information content (AvgIpc) is 2.55. The molecule has 136 valence electrons. The predicted molar refractivity (Wildman–Crippen MR) is 93.7 cm³/mol. The molecule has 1 rings (SSSR count). The second-order valence-electron chi connectivity index (χ2n) is 4.98. The van der Waals surface area contributed by atoms with Crippen LogP contribution in [0.1, 0.15) is 32.8 Å². The van der Waals surface area contributed by atoms with Crippen molar-refractivity contribution in [3.05, 3.63) is 35.9 Å². The number of hydrogen-bond acceptors (Lipinski definition) is 5. The van der Waals surface area contributed by atoms with Crippen molar-refractivity contribution in [3.8, 4) is 0 Å². The highest BCUT2D eigenvalue weighted by Crippen LogP contribution is 2.55. The van der Waals surface area contributed by atoms with Crippen LogP contribution in [0.3, 0.4) is 0 Å². The van der Waals surface area contributed by atoms with Gasteiger partial charge < -0.3 is 9.05 Å². The third-order valence-electron chi connectivity index (χ3n) is 3.11. The molecule has 1 aromatic rings. The molecule has 0 bridgehead atoms. The lowest BCUT2D eigenvalue weighted by atomic mass is 10.2. The van der Waals surface area contributed by atoms with Crippen molar-refractivity contribution in [1.29, 1.82) is 0 Å². The number of hydrogen-bond donors (Lipinski definition) is 0. The average molecular weight is 378 g/mol. The van der Waals surface area contributed by atoms with Crippen LogP contribution in [-0.2, 0) is 29.9 Å². The smallest absolute Gasteiger partial charge is 0.308 e. The standard InChI is InChI=1S/C16H25ClNO5P/c1-4-22-24(20,23-5-2)16(17)11-12-18(14(3)19)21-13-15-9-7-6-8-10-15/h6-10,16H,4-5,11-13H2,1-3H3. The molecular formula is C16H25ClNO5P. The first kappa shape index (κ1) is 21.1. The van der Waals surface area contributed by atoms with E-state index in [2.05, 4.69) is 0 Å². The highest BCUT2D eigenvalue weighted by Gasteiger charge is 2.34. The lowest BCUT2D eigenvalue weighted by Crippen LogP contribution is -2.31. The number of hydroxylamine groups is 2. The number of carbonyl (C=O) groups is 1. The monoisotopic (exact) mass is 377 g/mol. The number of halogens is 1. The van der Waals surface area contributed by atoms with Gasteiger partial charge in [-0.1, -0.05) is 30.3 Å². The van der Waals surface area contributed by atoms with E-state index in [4.69, 9.17) is 25.5 Å². The Morgan fingerprint density at radius 1 is 1.21 bits per heavy atom. The third-order valence-corrected chi connectivity index (χ3v) is 6.23. The molecule has 8 heteroatoms. The quantitative estimate of drug-likeness (QED) is 0.328. The van der Waals surface area contributed by atoms with Gasteiger partial charge in [-0.15, -0.1) is 11.6 Å². The Hall–Kier alpha value is -0.910. The molecule has 0 spiro atoms. The van der Waals surface area contributed by atoms with Crippen molar-refractivity contribution < 1.29 is 23.2 Å². The van der Waals surface area contributed by atoms with Crippen LogP contribution in [0, 0.1) is 0 Å². The predicted octanol–water partition coefficient (Wildman–Crippen LogP) is 4.19. The van der Waals surface area contributed by atoms with Gasteiger partial charge in [-0.25, -0.2) is 5.06 Å². The van der Waals surface area contributed by atoms with E-state index in [0.717, 1.165) is 5.56 Å². The molecule has 0 aliphatic rings. The molecular weight excluding hydrogens is 353 g/mol. The molecule has 0 saturated carbocycles. The zero-order valence-corrected chi connectivity index (χ0v) is 16.0. The van der Waals surface area contributed by atoms with Gasteiger partial charge >= 0.3 is 7.60 Å². The Balaban J connectivity index is 2.58. The molecule has 0 radical (unpaired) electrons. The lowest BCUT2D eigenvalue weighted by Gasteiger charge is -2.25. The van der Waals surface area contributed by atoms with Gasteiger partial charge in [-0.3, -0.25) is 14.2 Å². The van der Waals surface area contributed by atoms with Gasteiger partial charge in [-0.05, 0) is 25.8 Å². The van der Waals surface area contributed by atoms with E-state index in [9.17, 15) is 9.36 Å². The van der Waals surface area contributed by atoms with E-state index in [1.807, 2.05) is 30.3 Å². The van der Waals surface area contributed by atoms with Crippen LogP contribution in [0.25, 0.3) is 0 Å². The van der Waals surface area contributed by atoms with Gasteiger partial charge in [0.2, 0.25) is 5.91 Å². The minimum atomic E-state index is -3.40. The van der Waals surface area contributed by atoms with Crippen molar-refractivity contribution in [2.45, 2.75) is 38.9 Å². The summed E-state index contributed by atoms with van der Waals surface area (Å²) in [5.41, 5.74) is 0.945. The molecule has 6 nitrogen and oxygen atoms in total. The first-order valence-corrected chi connectivity index (χ1v) is 9.95. The van der Waals surface area contributed by atoms with Crippen LogP contribution >= 0.6 is 19.2 Å². The van der Waals surface area contributed by atoms with Gasteiger partial charge in [0.1, 0.15) is 11.7 Å². The molecule has 0 fully saturated rings. The maximum absolute atomic E-state index is 12.6. The Labute approximate surface area is 148 Å². The first-order chi connectivity index (χ1) is 11.4. The van der Waals surface area contributed by atoms with Crippen LogP contribution in [0.2, 0.25) is 0 Å². The minimum absolute atomic E-state index is 0.195. The Morgan fingerprint density at radius 2 is 1.79 bits per heavy atom. The van der Waals surface area contributed by atoms with Gasteiger partial charge in [0.25, 0.3) is 0 Å². The second kappa shape index (κ2) is 10.9. The highest BCUT2D eigenvalue weighted by molar-refractivity contribution is 7.56. The summed E-state index contributed by atoms with van der Waals surface area (Å²) in [5, 5.41) is 0.365. The van der Waals surface area contributed by atoms with Crippen molar-refractivity contribution in [2.24, 2.45) is 0 Å². The number of benzene rings is 1. The summed E-state index contributed by atoms with van der Waals surface area (Å²) < 4.78 is 23.0. The summed E-state index contributed by atoms with van der Waals surface area (Å²) in [6.45, 7) is 5.78. The third kappa shape index (κ3) is 6.91. The molecule has 0 aliphatic heterocycles. The van der Waals surface area contributed by atoms with E-state index in [-0.39, 0.29) is 38.7 Å². The van der Waals surface area contributed by atoms with E-state index in [0.29, 0.717) is 0 Å². The molecule has 1 amide bonds. The summed E-state index contributed by atoms with van der Waals surface area (Å²) in [6.07, 6.45) is 0.229. The van der Waals surface area contributed by atoms with Crippen LogP contribution in [0.5, 0.6) is 0 Å². The molecule has 1 aromatic carbocycles. The molecule has 0 N–H and O–H groups in total. The fourth-order valence-corrected chi connectivity index (χ4v) is 3.97. The summed E-state index contributed by atoms with van der Waals surface area (Å²) in [5.74, 6) is -0.252. The molecule has 1 atom stereocenters.